The number of ether oxygens (including phenoxy) is 1. The van der Waals surface area contributed by atoms with Crippen LogP contribution in [-0.2, 0) is 13.6 Å². The normalized spacial score (nSPS) is 24.7. The molecule has 1 aliphatic rings. The van der Waals surface area contributed by atoms with Crippen molar-refractivity contribution in [1.82, 2.24) is 9.55 Å². The van der Waals surface area contributed by atoms with Crippen LogP contribution in [0.5, 0.6) is 0 Å². The van der Waals surface area contributed by atoms with Crippen LogP contribution in [0.4, 0.5) is 0 Å². The Balaban J connectivity index is 2.46. The first-order valence-corrected chi connectivity index (χ1v) is 17.4. The standard InChI is InChI=1S/C21H38Cl2N2O5Si2/c1-19(2,3)31(7,8)28-13-14-16(30-32(9,10)20(4,5)6)21(22,23)17(29-14)25-12-11-15(26)24-18(25)27/h11-12,14,16-17H,13H2,1-10H3,(H,24,26,27)/t14-,16?,17-/m1/s1. The van der Waals surface area contributed by atoms with Gasteiger partial charge in [0.25, 0.3) is 5.56 Å². The molecule has 0 bridgehead atoms. The molecular weight excluding hydrogens is 487 g/mol. The zero-order valence-electron chi connectivity index (χ0n) is 20.8. The molecule has 0 radical (unpaired) electrons. The first-order chi connectivity index (χ1) is 14.2. The van der Waals surface area contributed by atoms with Gasteiger partial charge in [-0.05, 0) is 36.3 Å². The first-order valence-electron chi connectivity index (χ1n) is 10.9. The number of H-pyrrole nitrogens is 1. The van der Waals surface area contributed by atoms with Gasteiger partial charge in [-0.25, -0.2) is 4.79 Å². The smallest absolute Gasteiger partial charge is 0.330 e. The van der Waals surface area contributed by atoms with Crippen molar-refractivity contribution in [2.45, 2.75) is 101 Å². The minimum absolute atomic E-state index is 0.00959. The van der Waals surface area contributed by atoms with Gasteiger partial charge in [-0.3, -0.25) is 14.3 Å². The van der Waals surface area contributed by atoms with Gasteiger partial charge in [0.2, 0.25) is 0 Å². The molecule has 1 fully saturated rings. The molecule has 2 heterocycles. The average Bonchev–Trinajstić information content (AvgIpc) is 2.82. The topological polar surface area (TPSA) is 82.5 Å². The van der Waals surface area contributed by atoms with Crippen LogP contribution in [-0.4, -0.2) is 49.3 Å². The van der Waals surface area contributed by atoms with Gasteiger partial charge in [-0.1, -0.05) is 64.7 Å². The van der Waals surface area contributed by atoms with Crippen LogP contribution in [0.2, 0.25) is 36.3 Å². The summed E-state index contributed by atoms with van der Waals surface area (Å²) in [5.74, 6) is 0. The maximum absolute atomic E-state index is 12.5. The van der Waals surface area contributed by atoms with Crippen molar-refractivity contribution in [2.24, 2.45) is 0 Å². The zero-order chi connectivity index (χ0) is 24.9. The van der Waals surface area contributed by atoms with Gasteiger partial charge in [-0.15, -0.1) is 0 Å². The fourth-order valence-electron chi connectivity index (χ4n) is 2.86. The van der Waals surface area contributed by atoms with Crippen LogP contribution in [0.25, 0.3) is 0 Å². The molecule has 1 aromatic heterocycles. The van der Waals surface area contributed by atoms with Crippen molar-refractivity contribution in [3.63, 3.8) is 0 Å². The van der Waals surface area contributed by atoms with E-state index >= 15 is 0 Å². The van der Waals surface area contributed by atoms with Gasteiger partial charge >= 0.3 is 5.69 Å². The summed E-state index contributed by atoms with van der Waals surface area (Å²) < 4.78 is 18.9. The van der Waals surface area contributed by atoms with Crippen LogP contribution in [0.1, 0.15) is 47.8 Å². The van der Waals surface area contributed by atoms with E-state index in [0.717, 1.165) is 0 Å². The van der Waals surface area contributed by atoms with Gasteiger partial charge in [0, 0.05) is 12.3 Å². The molecule has 3 atom stereocenters. The number of halogens is 2. The highest BCUT2D eigenvalue weighted by molar-refractivity contribution is 6.74. The lowest BCUT2D eigenvalue weighted by Crippen LogP contribution is -2.52. The van der Waals surface area contributed by atoms with Crippen molar-refractivity contribution in [1.29, 1.82) is 0 Å². The fraction of sp³-hybridized carbons (Fsp3) is 0.810. The third kappa shape index (κ3) is 5.62. The molecule has 184 valence electrons. The van der Waals surface area contributed by atoms with E-state index in [1.54, 1.807) is 0 Å². The monoisotopic (exact) mass is 524 g/mol. The molecule has 32 heavy (non-hydrogen) atoms. The van der Waals surface area contributed by atoms with Crippen LogP contribution in [0.3, 0.4) is 0 Å². The Kier molecular flexibility index (Phi) is 7.80. The lowest BCUT2D eigenvalue weighted by atomic mass is 10.2. The van der Waals surface area contributed by atoms with E-state index in [1.807, 2.05) is 0 Å². The molecule has 11 heteroatoms. The van der Waals surface area contributed by atoms with E-state index in [9.17, 15) is 9.59 Å². The maximum atomic E-state index is 12.5. The van der Waals surface area contributed by atoms with Gasteiger partial charge in [0.1, 0.15) is 12.2 Å². The summed E-state index contributed by atoms with van der Waals surface area (Å²) in [7, 11) is -4.39. The Labute approximate surface area is 203 Å². The fourth-order valence-corrected chi connectivity index (χ4v) is 6.03. The highest BCUT2D eigenvalue weighted by Gasteiger charge is 2.59. The predicted octanol–water partition coefficient (Wildman–Crippen LogP) is 5.02. The van der Waals surface area contributed by atoms with E-state index in [-0.39, 0.29) is 16.7 Å². The summed E-state index contributed by atoms with van der Waals surface area (Å²) in [6, 6.07) is 1.23. The van der Waals surface area contributed by atoms with E-state index in [2.05, 4.69) is 72.7 Å². The van der Waals surface area contributed by atoms with Gasteiger partial charge in [0.15, 0.2) is 27.2 Å². The highest BCUT2D eigenvalue weighted by Crippen LogP contribution is 2.51. The van der Waals surface area contributed by atoms with E-state index in [4.69, 9.17) is 36.8 Å². The van der Waals surface area contributed by atoms with Crippen molar-refractivity contribution < 1.29 is 13.6 Å². The number of hydrogen-bond donors (Lipinski definition) is 1. The summed E-state index contributed by atoms with van der Waals surface area (Å²) in [6.45, 7) is 21.7. The van der Waals surface area contributed by atoms with Gasteiger partial charge in [0.05, 0.1) is 6.61 Å². The van der Waals surface area contributed by atoms with Gasteiger partial charge in [-0.2, -0.15) is 0 Å². The highest BCUT2D eigenvalue weighted by atomic mass is 35.5. The van der Waals surface area contributed by atoms with Crippen molar-refractivity contribution in [3.8, 4) is 0 Å². The Hall–Kier alpha value is -0.426. The Morgan fingerprint density at radius 3 is 2.06 bits per heavy atom. The molecule has 1 saturated heterocycles. The molecule has 1 aliphatic heterocycles. The van der Waals surface area contributed by atoms with Crippen LogP contribution in [0, 0.1) is 0 Å². The second-order valence-electron chi connectivity index (χ2n) is 11.6. The van der Waals surface area contributed by atoms with Crippen LogP contribution < -0.4 is 11.2 Å². The van der Waals surface area contributed by atoms with Crippen molar-refractivity contribution >= 4 is 39.8 Å². The summed E-state index contributed by atoms with van der Waals surface area (Å²) in [5, 5.41) is -0.0791. The minimum Gasteiger partial charge on any atom is -0.414 e. The lowest BCUT2D eigenvalue weighted by molar-refractivity contribution is -0.0416. The third-order valence-corrected chi connectivity index (χ3v) is 16.9. The maximum Gasteiger partial charge on any atom is 0.330 e. The number of nitrogens with one attached hydrogen (secondary N) is 1. The number of aromatic nitrogens is 2. The third-order valence-electron chi connectivity index (χ3n) is 7.10. The van der Waals surface area contributed by atoms with Crippen LogP contribution >= 0.6 is 23.2 Å². The van der Waals surface area contributed by atoms with E-state index in [0.29, 0.717) is 0 Å². The summed E-state index contributed by atoms with van der Waals surface area (Å²) in [5.41, 5.74) is -1.16. The van der Waals surface area contributed by atoms with E-state index < -0.39 is 50.7 Å². The van der Waals surface area contributed by atoms with E-state index in [1.165, 1.54) is 16.8 Å². The summed E-state index contributed by atoms with van der Waals surface area (Å²) >= 11 is 13.8. The summed E-state index contributed by atoms with van der Waals surface area (Å²) in [6.07, 6.45) is -1.01. The second kappa shape index (κ2) is 8.98. The molecule has 1 unspecified atom stereocenters. The molecule has 0 saturated carbocycles. The lowest BCUT2D eigenvalue weighted by Gasteiger charge is -2.42. The number of rotatable bonds is 6. The van der Waals surface area contributed by atoms with Crippen molar-refractivity contribution in [3.05, 3.63) is 33.1 Å². The first kappa shape index (κ1) is 27.8. The number of hydrogen-bond acceptors (Lipinski definition) is 5. The Morgan fingerprint density at radius 1 is 1.06 bits per heavy atom. The van der Waals surface area contributed by atoms with Crippen LogP contribution in [0.15, 0.2) is 21.9 Å². The number of alkyl halides is 2. The molecular formula is C21H38Cl2N2O5Si2. The molecule has 7 nitrogen and oxygen atoms in total. The SMILES string of the molecule is CC(C)(C)[Si](C)(C)OC[C@H]1O[C@@H](n2ccc(=O)[nH]c2=O)C(Cl)(Cl)C1O[Si](C)(C)C(C)(C)C. The molecule has 1 N–H and O–H groups in total. The molecule has 0 aromatic carbocycles. The number of nitrogens with zero attached hydrogens (tertiary/aromatic N) is 1. The molecule has 0 spiro atoms. The molecule has 0 amide bonds. The molecule has 0 aliphatic carbocycles. The zero-order valence-corrected chi connectivity index (χ0v) is 24.4. The molecule has 2 rings (SSSR count). The average molecular weight is 526 g/mol. The minimum atomic E-state index is -2.30. The van der Waals surface area contributed by atoms with Crippen molar-refractivity contribution in [2.75, 3.05) is 6.61 Å². The number of aromatic amines is 1. The predicted molar refractivity (Wildman–Crippen MR) is 135 cm³/mol. The van der Waals surface area contributed by atoms with Gasteiger partial charge < -0.3 is 13.6 Å². The Morgan fingerprint density at radius 2 is 1.59 bits per heavy atom. The largest absolute Gasteiger partial charge is 0.414 e. The molecule has 1 aromatic rings. The quantitative estimate of drug-likeness (QED) is 0.417. The second-order valence-corrected chi connectivity index (χ2v) is 22.6. The Bertz CT molecular complexity index is 932. The summed E-state index contributed by atoms with van der Waals surface area (Å²) in [4.78, 5) is 26.2.